The van der Waals surface area contributed by atoms with Crippen LogP contribution in [0.2, 0.25) is 0 Å². The van der Waals surface area contributed by atoms with E-state index in [1.807, 2.05) is 17.8 Å². The maximum atomic E-state index is 10.5. The third-order valence-electron chi connectivity index (χ3n) is 6.89. The van der Waals surface area contributed by atoms with Crippen molar-refractivity contribution >= 4 is 23.7 Å². The molecule has 0 saturated carbocycles. The highest BCUT2D eigenvalue weighted by Crippen LogP contribution is 2.37. The Hall–Kier alpha value is -2.05. The molecular weight excluding hydrogens is 510 g/mol. The number of aliphatic hydroxyl groups excluding tert-OH is 1. The number of carboxylic acid groups (broad SMARTS) is 2. The van der Waals surface area contributed by atoms with E-state index in [0.29, 0.717) is 24.3 Å². The van der Waals surface area contributed by atoms with Crippen LogP contribution in [0.1, 0.15) is 38.7 Å². The molecule has 3 saturated heterocycles. The van der Waals surface area contributed by atoms with Crippen LogP contribution in [0.4, 0.5) is 0 Å². The van der Waals surface area contributed by atoms with Gasteiger partial charge in [0, 0.05) is 58.1 Å². The van der Waals surface area contributed by atoms with E-state index in [9.17, 15) is 5.11 Å². The first-order valence-electron chi connectivity index (χ1n) is 13.2. The van der Waals surface area contributed by atoms with Crippen molar-refractivity contribution in [2.45, 2.75) is 45.8 Å². The first-order valence-corrected chi connectivity index (χ1v) is 14.4. The van der Waals surface area contributed by atoms with E-state index in [-0.39, 0.29) is 0 Å². The van der Waals surface area contributed by atoms with Crippen molar-refractivity contribution < 1.29 is 34.4 Å². The molecule has 1 aromatic carbocycles. The monoisotopic (exact) mass is 555 g/mol. The van der Waals surface area contributed by atoms with Crippen LogP contribution < -0.4 is 14.8 Å². The topological polar surface area (TPSA) is 132 Å². The number of hydrogen-bond acceptors (Lipinski definition) is 9. The Bertz CT molecular complexity index is 831. The normalized spacial score (nSPS) is 19.9. The Kier molecular flexibility index (Phi) is 14.2. The number of nitrogens with zero attached hydrogens (tertiary/aromatic N) is 2. The Balaban J connectivity index is 0.000000559. The summed E-state index contributed by atoms with van der Waals surface area (Å²) in [6, 6.07) is 6.17. The quantitative estimate of drug-likeness (QED) is 0.377. The van der Waals surface area contributed by atoms with Gasteiger partial charge in [-0.2, -0.15) is 11.8 Å². The van der Waals surface area contributed by atoms with Crippen LogP contribution in [0.25, 0.3) is 0 Å². The zero-order chi connectivity index (χ0) is 28.0. The number of aliphatic hydroxyl groups is 1. The minimum atomic E-state index is -0.833. The molecule has 4 N–H and O–H groups in total. The van der Waals surface area contributed by atoms with Gasteiger partial charge in [0.05, 0.1) is 7.11 Å². The number of piperidine rings is 1. The SMILES string of the molecule is CC(=O)O.CC(=O)O.COc1cc(CN2CCSCC2)ccc1OCC(O)CN1CCC2(CCNC2)CC1. The number of aliphatic carboxylic acids is 2. The summed E-state index contributed by atoms with van der Waals surface area (Å²) in [4.78, 5) is 22.9. The lowest BCUT2D eigenvalue weighted by atomic mass is 9.78. The number of nitrogens with one attached hydrogen (secondary N) is 1. The Morgan fingerprint density at radius 3 is 2.21 bits per heavy atom. The number of carboxylic acids is 2. The Morgan fingerprint density at radius 2 is 1.66 bits per heavy atom. The van der Waals surface area contributed by atoms with Gasteiger partial charge in [-0.1, -0.05) is 6.07 Å². The molecule has 0 aliphatic carbocycles. The van der Waals surface area contributed by atoms with Gasteiger partial charge in [-0.3, -0.25) is 14.5 Å². The number of thioether (sulfide) groups is 1. The summed E-state index contributed by atoms with van der Waals surface area (Å²) in [7, 11) is 1.68. The predicted octanol–water partition coefficient (Wildman–Crippen LogP) is 2.24. The summed E-state index contributed by atoms with van der Waals surface area (Å²) in [6.45, 7) is 10.9. The van der Waals surface area contributed by atoms with Crippen molar-refractivity contribution in [2.24, 2.45) is 5.41 Å². The van der Waals surface area contributed by atoms with Crippen LogP contribution in [-0.4, -0.2) is 114 Å². The number of rotatable bonds is 8. The highest BCUT2D eigenvalue weighted by atomic mass is 32.2. The summed E-state index contributed by atoms with van der Waals surface area (Å²) in [5.74, 6) is 2.22. The predicted molar refractivity (Wildman–Crippen MR) is 149 cm³/mol. The van der Waals surface area contributed by atoms with Crippen LogP contribution in [0.3, 0.4) is 0 Å². The number of ether oxygens (including phenoxy) is 2. The number of hydrogen-bond donors (Lipinski definition) is 4. The molecule has 3 heterocycles. The van der Waals surface area contributed by atoms with Crippen molar-refractivity contribution in [1.82, 2.24) is 15.1 Å². The molecule has 3 aliphatic rings. The van der Waals surface area contributed by atoms with E-state index in [1.54, 1.807) is 7.11 Å². The van der Waals surface area contributed by atoms with Crippen LogP contribution in [0.15, 0.2) is 18.2 Å². The van der Waals surface area contributed by atoms with E-state index in [4.69, 9.17) is 29.3 Å². The molecule has 0 bridgehead atoms. The highest BCUT2D eigenvalue weighted by Gasteiger charge is 2.37. The van der Waals surface area contributed by atoms with Gasteiger partial charge in [0.15, 0.2) is 11.5 Å². The van der Waals surface area contributed by atoms with Crippen molar-refractivity contribution in [1.29, 1.82) is 0 Å². The van der Waals surface area contributed by atoms with Gasteiger partial charge in [0.1, 0.15) is 12.7 Å². The van der Waals surface area contributed by atoms with Crippen molar-refractivity contribution in [3.8, 4) is 11.5 Å². The minimum absolute atomic E-state index is 0.294. The first kappa shape index (κ1) is 32.2. The van der Waals surface area contributed by atoms with Crippen LogP contribution >= 0.6 is 11.8 Å². The largest absolute Gasteiger partial charge is 0.493 e. The van der Waals surface area contributed by atoms with Crippen LogP contribution in [0.5, 0.6) is 11.5 Å². The molecule has 0 aromatic heterocycles. The van der Waals surface area contributed by atoms with E-state index >= 15 is 0 Å². The average molecular weight is 556 g/mol. The zero-order valence-corrected chi connectivity index (χ0v) is 23.8. The van der Waals surface area contributed by atoms with Gasteiger partial charge in [0.2, 0.25) is 0 Å². The highest BCUT2D eigenvalue weighted by molar-refractivity contribution is 7.99. The molecule has 38 heavy (non-hydrogen) atoms. The molecule has 0 amide bonds. The van der Waals surface area contributed by atoms with Gasteiger partial charge >= 0.3 is 0 Å². The second-order valence-corrected chi connectivity index (χ2v) is 11.3. The summed E-state index contributed by atoms with van der Waals surface area (Å²) in [5, 5.41) is 28.9. The number of methoxy groups -OCH3 is 1. The molecule has 10 nitrogen and oxygen atoms in total. The van der Waals surface area contributed by atoms with Gasteiger partial charge in [-0.15, -0.1) is 0 Å². The number of benzene rings is 1. The maximum absolute atomic E-state index is 10.5. The maximum Gasteiger partial charge on any atom is 0.300 e. The standard InChI is InChI=1S/C23H37N3O3S.2C2H4O2/c1-28-22-14-19(15-26-10-12-30-13-11-26)2-3-21(22)29-17-20(27)16-25-8-5-23(6-9-25)4-7-24-18-23;2*1-2(3)4/h2-3,14,20,24,27H,4-13,15-18H2,1H3;2*1H3,(H,3,4). The molecule has 11 heteroatoms. The van der Waals surface area contributed by atoms with E-state index in [0.717, 1.165) is 58.9 Å². The summed E-state index contributed by atoms with van der Waals surface area (Å²) in [6.07, 6.45) is 3.28. The first-order chi connectivity index (χ1) is 18.1. The lowest BCUT2D eigenvalue weighted by molar-refractivity contribution is -0.135. The molecule has 216 valence electrons. The molecule has 3 aliphatic heterocycles. The molecule has 3 fully saturated rings. The van der Waals surface area contributed by atoms with Gasteiger partial charge in [0.25, 0.3) is 11.9 Å². The van der Waals surface area contributed by atoms with Crippen molar-refractivity contribution in [3.63, 3.8) is 0 Å². The van der Waals surface area contributed by atoms with Crippen LogP contribution in [0, 0.1) is 5.41 Å². The molecule has 1 atom stereocenters. The molecule has 0 radical (unpaired) electrons. The van der Waals surface area contributed by atoms with Gasteiger partial charge in [-0.25, -0.2) is 0 Å². The Morgan fingerprint density at radius 1 is 1.03 bits per heavy atom. The molecular formula is C27H45N3O7S. The van der Waals surface area contributed by atoms with Crippen molar-refractivity contribution in [3.05, 3.63) is 23.8 Å². The fourth-order valence-corrected chi connectivity index (χ4v) is 5.89. The zero-order valence-electron chi connectivity index (χ0n) is 23.0. The number of β-amino-alcohol motifs (C(OH)–C–C–N with tert-alkyl or cyclic N) is 1. The van der Waals surface area contributed by atoms with Gasteiger partial charge < -0.3 is 35.0 Å². The molecule has 4 rings (SSSR count). The third-order valence-corrected chi connectivity index (χ3v) is 7.83. The van der Waals surface area contributed by atoms with E-state index < -0.39 is 18.0 Å². The van der Waals surface area contributed by atoms with Crippen LogP contribution in [-0.2, 0) is 16.1 Å². The second kappa shape index (κ2) is 16.8. The second-order valence-electron chi connectivity index (χ2n) is 10.1. The average Bonchev–Trinajstić information content (AvgIpc) is 3.32. The number of carbonyl (C=O) groups is 2. The van der Waals surface area contributed by atoms with Gasteiger partial charge in [-0.05, 0) is 62.0 Å². The summed E-state index contributed by atoms with van der Waals surface area (Å²) < 4.78 is 11.5. The van der Waals surface area contributed by atoms with Crippen molar-refractivity contribution in [2.75, 3.05) is 71.0 Å². The fraction of sp³-hybridized carbons (Fsp3) is 0.704. The summed E-state index contributed by atoms with van der Waals surface area (Å²) in [5.41, 5.74) is 1.76. The lowest BCUT2D eigenvalue weighted by Gasteiger charge is -2.39. The fourth-order valence-electron chi connectivity index (χ4n) is 4.92. The van der Waals surface area contributed by atoms with E-state index in [2.05, 4.69) is 27.2 Å². The molecule has 1 spiro atoms. The number of likely N-dealkylation sites (tertiary alicyclic amines) is 1. The smallest absolute Gasteiger partial charge is 0.300 e. The van der Waals surface area contributed by atoms with E-state index in [1.165, 1.54) is 42.9 Å². The Labute approximate surface area is 230 Å². The summed E-state index contributed by atoms with van der Waals surface area (Å²) >= 11 is 2.03. The minimum Gasteiger partial charge on any atom is -0.493 e. The molecule has 1 aromatic rings. The molecule has 1 unspecified atom stereocenters. The lowest BCUT2D eigenvalue weighted by Crippen LogP contribution is -2.45. The third kappa shape index (κ3) is 12.2.